The molecule has 192 valence electrons. The monoisotopic (exact) mass is 525 g/mol. The van der Waals surface area contributed by atoms with E-state index in [4.69, 9.17) is 9.47 Å². The van der Waals surface area contributed by atoms with Crippen LogP contribution in [0.2, 0.25) is 0 Å². The fraction of sp³-hybridized carbons (Fsp3) is 0.435. The van der Waals surface area contributed by atoms with Crippen LogP contribution in [0.4, 0.5) is 0 Å². The lowest BCUT2D eigenvalue weighted by atomic mass is 10.2. The van der Waals surface area contributed by atoms with E-state index in [0.29, 0.717) is 12.4 Å². The van der Waals surface area contributed by atoms with Gasteiger partial charge in [-0.05, 0) is 29.8 Å². The number of carbonyl (C=O) groups is 1. The van der Waals surface area contributed by atoms with E-state index < -0.39 is 32.1 Å². The van der Waals surface area contributed by atoms with Crippen molar-refractivity contribution in [3.63, 3.8) is 0 Å². The summed E-state index contributed by atoms with van der Waals surface area (Å²) in [7, 11) is -4.59. The van der Waals surface area contributed by atoms with Crippen LogP contribution in [0, 0.1) is 0 Å². The molecule has 0 amide bonds. The zero-order chi connectivity index (χ0) is 25.6. The van der Waals surface area contributed by atoms with Gasteiger partial charge in [0.25, 0.3) is 0 Å². The molecule has 0 saturated carbocycles. The highest BCUT2D eigenvalue weighted by atomic mass is 32.2. The smallest absolute Gasteiger partial charge is 0.324 e. The van der Waals surface area contributed by atoms with E-state index >= 15 is 0 Å². The maximum absolute atomic E-state index is 13.2. The molecule has 0 N–H and O–H groups in total. The van der Waals surface area contributed by atoms with Crippen molar-refractivity contribution in [2.24, 2.45) is 0 Å². The lowest BCUT2D eigenvalue weighted by molar-refractivity contribution is -0.147. The van der Waals surface area contributed by atoms with Crippen LogP contribution in [0.25, 0.3) is 0 Å². The number of benzene rings is 2. The highest BCUT2D eigenvalue weighted by Crippen LogP contribution is 2.21. The first kappa shape index (κ1) is 27.1. The van der Waals surface area contributed by atoms with Crippen molar-refractivity contribution >= 4 is 26.0 Å². The van der Waals surface area contributed by atoms with Gasteiger partial charge in [-0.3, -0.25) is 9.69 Å². The number of nitrogens with zero attached hydrogens (tertiary/aromatic N) is 3. The second kappa shape index (κ2) is 11.5. The van der Waals surface area contributed by atoms with Gasteiger partial charge in [0.05, 0.1) is 18.3 Å². The summed E-state index contributed by atoms with van der Waals surface area (Å²) < 4.78 is 62.9. The van der Waals surface area contributed by atoms with Crippen LogP contribution < -0.4 is 4.74 Å². The van der Waals surface area contributed by atoms with Crippen molar-refractivity contribution in [1.82, 2.24) is 13.5 Å². The molecule has 0 bridgehead atoms. The lowest BCUT2D eigenvalue weighted by Gasteiger charge is -2.38. The van der Waals surface area contributed by atoms with Crippen molar-refractivity contribution < 1.29 is 31.1 Å². The van der Waals surface area contributed by atoms with Gasteiger partial charge >= 0.3 is 5.97 Å². The molecule has 0 radical (unpaired) electrons. The number of sulfonamides is 2. The van der Waals surface area contributed by atoms with Gasteiger partial charge in [-0.2, -0.15) is 8.61 Å². The lowest BCUT2D eigenvalue weighted by Crippen LogP contribution is -2.57. The van der Waals surface area contributed by atoms with Gasteiger partial charge < -0.3 is 9.47 Å². The molecule has 1 heterocycles. The first-order valence-corrected chi connectivity index (χ1v) is 14.3. The first-order chi connectivity index (χ1) is 16.5. The molecule has 1 atom stereocenters. The van der Waals surface area contributed by atoms with Crippen LogP contribution in [0.3, 0.4) is 0 Å². The van der Waals surface area contributed by atoms with E-state index in [1.807, 2.05) is 30.3 Å². The van der Waals surface area contributed by atoms with Crippen molar-refractivity contribution in [1.29, 1.82) is 0 Å². The fourth-order valence-corrected chi connectivity index (χ4v) is 5.80. The molecule has 1 aliphatic heterocycles. The molecule has 0 unspecified atom stereocenters. The fourth-order valence-electron chi connectivity index (χ4n) is 3.79. The Hall–Kier alpha value is -2.51. The molecule has 0 spiro atoms. The first-order valence-electron chi connectivity index (χ1n) is 11.0. The minimum Gasteiger partial charge on any atom is -0.489 e. The van der Waals surface area contributed by atoms with Crippen LogP contribution in [0.15, 0.2) is 59.5 Å². The number of likely N-dealkylation sites (N-methyl/N-ethyl adjacent to an activating group) is 1. The molecule has 2 aromatic carbocycles. The zero-order valence-corrected chi connectivity index (χ0v) is 21.7. The summed E-state index contributed by atoms with van der Waals surface area (Å²) in [6, 6.07) is 14.9. The molecule has 35 heavy (non-hydrogen) atoms. The van der Waals surface area contributed by atoms with Crippen LogP contribution in [0.1, 0.15) is 5.56 Å². The van der Waals surface area contributed by atoms with E-state index in [-0.39, 0.29) is 37.6 Å². The molecular weight excluding hydrogens is 494 g/mol. The average molecular weight is 526 g/mol. The Kier molecular flexibility index (Phi) is 8.89. The third-order valence-electron chi connectivity index (χ3n) is 5.87. The van der Waals surface area contributed by atoms with Gasteiger partial charge in [-0.15, -0.1) is 0 Å². The van der Waals surface area contributed by atoms with Gasteiger partial charge in [0.15, 0.2) is 0 Å². The normalized spacial score (nSPS) is 16.7. The summed E-state index contributed by atoms with van der Waals surface area (Å²) >= 11 is 0. The van der Waals surface area contributed by atoms with Gasteiger partial charge in [0, 0.05) is 39.8 Å². The third-order valence-corrected chi connectivity index (χ3v) is 9.01. The summed E-state index contributed by atoms with van der Waals surface area (Å²) in [6.45, 7) is 1.23. The van der Waals surface area contributed by atoms with E-state index in [9.17, 15) is 21.6 Å². The van der Waals surface area contributed by atoms with Crippen LogP contribution in [-0.2, 0) is 36.2 Å². The Labute approximate surface area is 207 Å². The summed E-state index contributed by atoms with van der Waals surface area (Å²) in [5, 5.41) is 0. The molecule has 0 aromatic heterocycles. The number of methoxy groups -OCH3 is 1. The molecule has 12 heteroatoms. The second-order valence-electron chi connectivity index (χ2n) is 8.27. The Bertz CT molecular complexity index is 1200. The van der Waals surface area contributed by atoms with Crippen molar-refractivity contribution in [3.8, 4) is 5.75 Å². The van der Waals surface area contributed by atoms with Crippen molar-refractivity contribution in [2.45, 2.75) is 17.5 Å². The SMILES string of the molecule is COC(=O)[C@H](CN(C)S(=O)(=O)c1ccc(OCc2ccccc2)cc1)N1CCN(S(C)(=O)=O)CC1. The summed E-state index contributed by atoms with van der Waals surface area (Å²) in [5.74, 6) is -0.0452. The predicted octanol–water partition coefficient (Wildman–Crippen LogP) is 1.00. The molecule has 10 nitrogen and oxygen atoms in total. The van der Waals surface area contributed by atoms with Crippen molar-refractivity contribution in [3.05, 3.63) is 60.2 Å². The van der Waals surface area contributed by atoms with Gasteiger partial charge in [0.2, 0.25) is 20.0 Å². The van der Waals surface area contributed by atoms with Crippen LogP contribution in [-0.4, -0.2) is 95.5 Å². The third kappa shape index (κ3) is 7.01. The highest BCUT2D eigenvalue weighted by Gasteiger charge is 2.35. The molecule has 0 aliphatic carbocycles. The molecule has 3 rings (SSSR count). The van der Waals surface area contributed by atoms with Crippen LogP contribution in [0.5, 0.6) is 5.75 Å². The molecule has 1 aliphatic rings. The summed E-state index contributed by atoms with van der Waals surface area (Å²) in [5.41, 5.74) is 0.996. The number of hydrogen-bond acceptors (Lipinski definition) is 8. The van der Waals surface area contributed by atoms with Crippen LogP contribution >= 0.6 is 0 Å². The van der Waals surface area contributed by atoms with Gasteiger partial charge in [-0.1, -0.05) is 30.3 Å². The molecular formula is C23H31N3O7S2. The maximum Gasteiger partial charge on any atom is 0.324 e. The van der Waals surface area contributed by atoms with E-state index in [1.165, 1.54) is 30.6 Å². The Balaban J connectivity index is 1.66. The van der Waals surface area contributed by atoms with Crippen molar-refractivity contribution in [2.75, 3.05) is 53.1 Å². The number of esters is 1. The number of ether oxygens (including phenoxy) is 2. The average Bonchev–Trinajstić information content (AvgIpc) is 2.85. The Morgan fingerprint density at radius 1 is 0.971 bits per heavy atom. The van der Waals surface area contributed by atoms with Gasteiger partial charge in [-0.25, -0.2) is 16.8 Å². The quantitative estimate of drug-likeness (QED) is 0.422. The number of hydrogen-bond donors (Lipinski definition) is 0. The van der Waals surface area contributed by atoms with E-state index in [2.05, 4.69) is 0 Å². The zero-order valence-electron chi connectivity index (χ0n) is 20.0. The highest BCUT2D eigenvalue weighted by molar-refractivity contribution is 7.89. The van der Waals surface area contributed by atoms with Gasteiger partial charge in [0.1, 0.15) is 18.4 Å². The minimum atomic E-state index is -3.90. The Morgan fingerprint density at radius 2 is 1.57 bits per heavy atom. The van der Waals surface area contributed by atoms with E-state index in [0.717, 1.165) is 16.1 Å². The minimum absolute atomic E-state index is 0.0672. The van der Waals surface area contributed by atoms with E-state index in [1.54, 1.807) is 17.0 Å². The number of rotatable bonds is 10. The molecule has 2 aromatic rings. The summed E-state index contributed by atoms with van der Waals surface area (Å²) in [6.07, 6.45) is 1.14. The number of carbonyl (C=O) groups excluding carboxylic acids is 1. The summed E-state index contributed by atoms with van der Waals surface area (Å²) in [4.78, 5) is 14.3. The predicted molar refractivity (Wildman–Crippen MR) is 131 cm³/mol. The maximum atomic E-state index is 13.2. The number of piperazine rings is 1. The largest absolute Gasteiger partial charge is 0.489 e. The Morgan fingerprint density at radius 3 is 2.11 bits per heavy atom. The standard InChI is InChI=1S/C23H31N3O7S2/c1-24(17-22(23(27)32-2)25-13-15-26(16-14-25)34(3,28)29)35(30,31)21-11-9-20(10-12-21)33-18-19-7-5-4-6-8-19/h4-12,22H,13-18H2,1-3H3/t22-/m0/s1. The molecule has 1 fully saturated rings. The topological polar surface area (TPSA) is 114 Å². The molecule has 1 saturated heterocycles. The second-order valence-corrected chi connectivity index (χ2v) is 12.3.